The first kappa shape index (κ1) is 11.5. The number of carboxylic acid groups (broad SMARTS) is 1. The minimum atomic E-state index is -1.04. The van der Waals surface area contributed by atoms with Crippen LogP contribution in [0, 0.1) is 0 Å². The van der Waals surface area contributed by atoms with Crippen molar-refractivity contribution >= 4 is 17.7 Å². The second-order valence-electron chi connectivity index (χ2n) is 3.63. The molecule has 1 aliphatic rings. The van der Waals surface area contributed by atoms with Crippen molar-refractivity contribution in [3.8, 4) is 0 Å². The molecule has 0 aromatic carbocycles. The van der Waals surface area contributed by atoms with E-state index in [1.54, 1.807) is 12.1 Å². The summed E-state index contributed by atoms with van der Waals surface area (Å²) in [7, 11) is 0. The van der Waals surface area contributed by atoms with Crippen LogP contribution in [0.1, 0.15) is 12.8 Å². The number of aliphatic carboxylic acids is 1. The first-order chi connectivity index (χ1) is 8.16. The lowest BCUT2D eigenvalue weighted by atomic mass is 10.2. The highest BCUT2D eigenvalue weighted by Crippen LogP contribution is 2.20. The summed E-state index contributed by atoms with van der Waals surface area (Å²) in [6, 6.07) is 3.23. The van der Waals surface area contributed by atoms with Gasteiger partial charge in [0.15, 0.2) is 11.9 Å². The van der Waals surface area contributed by atoms with Crippen molar-refractivity contribution in [2.45, 2.75) is 25.0 Å². The standard InChI is InChI=1S/C10H11N3O4/c14-9(12-8-2-1-5-11-13-8)6-3-4-7(17-6)10(15)16/h1-2,5-7H,3-4H2,(H,15,16)(H,12,13,14). The maximum atomic E-state index is 11.7. The van der Waals surface area contributed by atoms with Gasteiger partial charge in [0.25, 0.3) is 5.91 Å². The molecule has 0 saturated carbocycles. The third-order valence-corrected chi connectivity index (χ3v) is 2.41. The van der Waals surface area contributed by atoms with Gasteiger partial charge in [0.2, 0.25) is 0 Å². The lowest BCUT2D eigenvalue weighted by Gasteiger charge is -2.10. The highest BCUT2D eigenvalue weighted by atomic mass is 16.5. The van der Waals surface area contributed by atoms with E-state index in [0.29, 0.717) is 18.7 Å². The molecule has 1 saturated heterocycles. The Bertz CT molecular complexity index is 423. The van der Waals surface area contributed by atoms with Gasteiger partial charge in [-0.15, -0.1) is 5.10 Å². The number of anilines is 1. The van der Waals surface area contributed by atoms with E-state index in [-0.39, 0.29) is 0 Å². The zero-order valence-corrected chi connectivity index (χ0v) is 8.87. The van der Waals surface area contributed by atoms with Crippen LogP contribution in [0.2, 0.25) is 0 Å². The van der Waals surface area contributed by atoms with Gasteiger partial charge in [-0.3, -0.25) is 4.79 Å². The smallest absolute Gasteiger partial charge is 0.332 e. The number of carbonyl (C=O) groups excluding carboxylic acids is 1. The molecule has 0 bridgehead atoms. The Morgan fingerprint density at radius 1 is 1.41 bits per heavy atom. The fraction of sp³-hybridized carbons (Fsp3) is 0.400. The maximum absolute atomic E-state index is 11.7. The summed E-state index contributed by atoms with van der Waals surface area (Å²) in [5.41, 5.74) is 0. The molecule has 1 amide bonds. The summed E-state index contributed by atoms with van der Waals surface area (Å²) in [6.45, 7) is 0. The predicted octanol–water partition coefficient (Wildman–Crippen LogP) is 0.0473. The Labute approximate surface area is 96.8 Å². The minimum Gasteiger partial charge on any atom is -0.479 e. The third kappa shape index (κ3) is 2.76. The van der Waals surface area contributed by atoms with Gasteiger partial charge < -0.3 is 15.2 Å². The second-order valence-corrected chi connectivity index (χ2v) is 3.63. The highest BCUT2D eigenvalue weighted by Gasteiger charge is 2.34. The lowest BCUT2D eigenvalue weighted by Crippen LogP contribution is -2.30. The van der Waals surface area contributed by atoms with Crippen LogP contribution in [0.5, 0.6) is 0 Å². The van der Waals surface area contributed by atoms with E-state index in [2.05, 4.69) is 15.5 Å². The largest absolute Gasteiger partial charge is 0.479 e. The van der Waals surface area contributed by atoms with Gasteiger partial charge in [0.1, 0.15) is 6.10 Å². The molecule has 7 nitrogen and oxygen atoms in total. The number of hydrogen-bond donors (Lipinski definition) is 2. The van der Waals surface area contributed by atoms with Crippen molar-refractivity contribution in [3.63, 3.8) is 0 Å². The van der Waals surface area contributed by atoms with E-state index >= 15 is 0 Å². The number of nitrogens with one attached hydrogen (secondary N) is 1. The summed E-state index contributed by atoms with van der Waals surface area (Å²) in [5, 5.41) is 18.5. The fourth-order valence-electron chi connectivity index (χ4n) is 1.59. The molecule has 2 unspecified atom stereocenters. The number of rotatable bonds is 3. The van der Waals surface area contributed by atoms with Crippen LogP contribution in [0.15, 0.2) is 18.3 Å². The molecule has 2 rings (SSSR count). The number of carbonyl (C=O) groups is 2. The topological polar surface area (TPSA) is 101 Å². The van der Waals surface area contributed by atoms with Crippen molar-refractivity contribution < 1.29 is 19.4 Å². The molecule has 2 atom stereocenters. The summed E-state index contributed by atoms with van der Waals surface area (Å²) < 4.78 is 5.10. The molecule has 1 aromatic rings. The van der Waals surface area contributed by atoms with E-state index < -0.39 is 24.1 Å². The Kier molecular flexibility index (Phi) is 3.29. The Morgan fingerprint density at radius 2 is 2.18 bits per heavy atom. The van der Waals surface area contributed by atoms with E-state index in [4.69, 9.17) is 9.84 Å². The van der Waals surface area contributed by atoms with Gasteiger partial charge in [0.05, 0.1) is 0 Å². The first-order valence-corrected chi connectivity index (χ1v) is 5.13. The summed E-state index contributed by atoms with van der Waals surface area (Å²) in [4.78, 5) is 22.3. The average molecular weight is 237 g/mol. The molecular formula is C10H11N3O4. The van der Waals surface area contributed by atoms with Gasteiger partial charge in [0, 0.05) is 6.20 Å². The molecule has 0 aliphatic carbocycles. The Balaban J connectivity index is 1.92. The zero-order chi connectivity index (χ0) is 12.3. The molecule has 90 valence electrons. The van der Waals surface area contributed by atoms with E-state index in [1.165, 1.54) is 6.20 Å². The molecule has 7 heteroatoms. The first-order valence-electron chi connectivity index (χ1n) is 5.13. The molecule has 0 radical (unpaired) electrons. The zero-order valence-electron chi connectivity index (χ0n) is 8.87. The van der Waals surface area contributed by atoms with Crippen LogP contribution in [0.25, 0.3) is 0 Å². The van der Waals surface area contributed by atoms with Gasteiger partial charge in [-0.05, 0) is 25.0 Å². The minimum absolute atomic E-state index is 0.319. The van der Waals surface area contributed by atoms with E-state index in [1.807, 2.05) is 0 Å². The molecule has 1 aliphatic heterocycles. The van der Waals surface area contributed by atoms with Crippen molar-refractivity contribution in [2.24, 2.45) is 0 Å². The molecule has 0 spiro atoms. The van der Waals surface area contributed by atoms with Gasteiger partial charge in [-0.25, -0.2) is 4.79 Å². The molecule has 17 heavy (non-hydrogen) atoms. The van der Waals surface area contributed by atoms with Crippen LogP contribution < -0.4 is 5.32 Å². The number of aromatic nitrogens is 2. The molecule has 2 heterocycles. The Morgan fingerprint density at radius 3 is 2.76 bits per heavy atom. The Hall–Kier alpha value is -2.02. The fourth-order valence-corrected chi connectivity index (χ4v) is 1.59. The number of ether oxygens (including phenoxy) is 1. The number of nitrogens with zero attached hydrogens (tertiary/aromatic N) is 2. The third-order valence-electron chi connectivity index (χ3n) is 2.41. The quantitative estimate of drug-likeness (QED) is 0.770. The van der Waals surface area contributed by atoms with Crippen LogP contribution in [0.4, 0.5) is 5.82 Å². The summed E-state index contributed by atoms with van der Waals surface area (Å²) >= 11 is 0. The molecule has 2 N–H and O–H groups in total. The normalized spacial score (nSPS) is 23.3. The SMILES string of the molecule is O=C(O)C1CCC(C(=O)Nc2cccnn2)O1. The number of amides is 1. The molecular weight excluding hydrogens is 226 g/mol. The monoisotopic (exact) mass is 237 g/mol. The van der Waals surface area contributed by atoms with Gasteiger partial charge in [-0.1, -0.05) is 0 Å². The van der Waals surface area contributed by atoms with Crippen LogP contribution in [-0.4, -0.2) is 39.4 Å². The van der Waals surface area contributed by atoms with Crippen LogP contribution in [0.3, 0.4) is 0 Å². The highest BCUT2D eigenvalue weighted by molar-refractivity contribution is 5.93. The van der Waals surface area contributed by atoms with Gasteiger partial charge in [-0.2, -0.15) is 5.10 Å². The molecule has 1 fully saturated rings. The molecule has 1 aromatic heterocycles. The van der Waals surface area contributed by atoms with E-state index in [9.17, 15) is 9.59 Å². The van der Waals surface area contributed by atoms with Crippen molar-refractivity contribution in [2.75, 3.05) is 5.32 Å². The summed E-state index contributed by atoms with van der Waals surface area (Å²) in [5.74, 6) is -1.12. The van der Waals surface area contributed by atoms with Crippen LogP contribution >= 0.6 is 0 Å². The predicted molar refractivity (Wildman–Crippen MR) is 56.2 cm³/mol. The van der Waals surface area contributed by atoms with Crippen LogP contribution in [-0.2, 0) is 14.3 Å². The average Bonchev–Trinajstić information content (AvgIpc) is 2.79. The maximum Gasteiger partial charge on any atom is 0.332 e. The second kappa shape index (κ2) is 4.88. The van der Waals surface area contributed by atoms with Gasteiger partial charge >= 0.3 is 5.97 Å². The van der Waals surface area contributed by atoms with Crippen molar-refractivity contribution in [1.82, 2.24) is 10.2 Å². The van der Waals surface area contributed by atoms with Crippen molar-refractivity contribution in [3.05, 3.63) is 18.3 Å². The van der Waals surface area contributed by atoms with Crippen molar-refractivity contribution in [1.29, 1.82) is 0 Å². The number of hydrogen-bond acceptors (Lipinski definition) is 5. The summed E-state index contributed by atoms with van der Waals surface area (Å²) in [6.07, 6.45) is 0.588. The van der Waals surface area contributed by atoms with E-state index in [0.717, 1.165) is 0 Å². The number of carboxylic acids is 1. The lowest BCUT2D eigenvalue weighted by molar-refractivity contribution is -0.150.